The Kier molecular flexibility index (Phi) is 4.53. The number of aromatic nitrogens is 2. The summed E-state index contributed by atoms with van der Waals surface area (Å²) in [7, 11) is 0. The molecule has 2 rings (SSSR count). The summed E-state index contributed by atoms with van der Waals surface area (Å²) in [6.45, 7) is 2.57. The Morgan fingerprint density at radius 1 is 1.50 bits per heavy atom. The van der Waals surface area contributed by atoms with Crippen LogP contribution >= 0.6 is 0 Å². The van der Waals surface area contributed by atoms with Crippen molar-refractivity contribution in [1.29, 1.82) is 0 Å². The van der Waals surface area contributed by atoms with Crippen LogP contribution in [0.25, 0.3) is 0 Å². The van der Waals surface area contributed by atoms with Crippen LogP contribution in [0, 0.1) is 18.8 Å². The fourth-order valence-electron chi connectivity index (χ4n) is 1.76. The summed E-state index contributed by atoms with van der Waals surface area (Å²) in [4.78, 5) is 19.2. The number of imidazole rings is 1. The minimum Gasteiger partial charge on any atom is -0.347 e. The van der Waals surface area contributed by atoms with Crippen LogP contribution in [0.15, 0.2) is 30.6 Å². The van der Waals surface area contributed by atoms with Crippen LogP contribution < -0.4 is 11.1 Å². The van der Waals surface area contributed by atoms with Gasteiger partial charge in [0.05, 0.1) is 18.7 Å². The molecule has 0 radical (unpaired) electrons. The van der Waals surface area contributed by atoms with Gasteiger partial charge in [-0.05, 0) is 24.6 Å². The SMILES string of the molecule is Cc1ccc(C(=O)NCc2ncc[nH]2)c(C#CCN)c1. The van der Waals surface area contributed by atoms with Crippen molar-refractivity contribution in [3.05, 3.63) is 53.1 Å². The molecule has 1 aromatic heterocycles. The minimum absolute atomic E-state index is 0.178. The van der Waals surface area contributed by atoms with Crippen molar-refractivity contribution in [3.8, 4) is 11.8 Å². The van der Waals surface area contributed by atoms with E-state index in [1.54, 1.807) is 18.5 Å². The molecule has 1 heterocycles. The fraction of sp³-hybridized carbons (Fsp3) is 0.200. The Bertz CT molecular complexity index is 650. The molecular formula is C15H16N4O. The van der Waals surface area contributed by atoms with Gasteiger partial charge in [0.1, 0.15) is 5.82 Å². The topological polar surface area (TPSA) is 83.8 Å². The summed E-state index contributed by atoms with van der Waals surface area (Å²) in [6.07, 6.45) is 3.36. The van der Waals surface area contributed by atoms with E-state index >= 15 is 0 Å². The second-order valence-electron chi connectivity index (χ2n) is 4.27. The molecule has 0 unspecified atom stereocenters. The molecule has 0 spiro atoms. The number of nitrogens with one attached hydrogen (secondary N) is 2. The third-order valence-corrected chi connectivity index (χ3v) is 2.72. The highest BCUT2D eigenvalue weighted by Crippen LogP contribution is 2.11. The van der Waals surface area contributed by atoms with Crippen LogP contribution in [0.2, 0.25) is 0 Å². The molecule has 102 valence electrons. The van der Waals surface area contributed by atoms with Crippen molar-refractivity contribution < 1.29 is 4.79 Å². The molecule has 4 N–H and O–H groups in total. The zero-order chi connectivity index (χ0) is 14.4. The van der Waals surface area contributed by atoms with E-state index < -0.39 is 0 Å². The summed E-state index contributed by atoms with van der Waals surface area (Å²) in [5.41, 5.74) is 7.66. The van der Waals surface area contributed by atoms with E-state index in [2.05, 4.69) is 27.1 Å². The molecule has 5 nitrogen and oxygen atoms in total. The maximum Gasteiger partial charge on any atom is 0.252 e. The highest BCUT2D eigenvalue weighted by molar-refractivity contribution is 5.96. The first-order chi connectivity index (χ1) is 9.70. The highest BCUT2D eigenvalue weighted by Gasteiger charge is 2.10. The monoisotopic (exact) mass is 268 g/mol. The van der Waals surface area contributed by atoms with Gasteiger partial charge in [-0.3, -0.25) is 4.79 Å². The number of amides is 1. The van der Waals surface area contributed by atoms with Crippen LogP contribution in [-0.4, -0.2) is 22.4 Å². The molecule has 0 aliphatic heterocycles. The second-order valence-corrected chi connectivity index (χ2v) is 4.27. The first kappa shape index (κ1) is 13.8. The number of carbonyl (C=O) groups is 1. The van der Waals surface area contributed by atoms with Crippen LogP contribution in [0.4, 0.5) is 0 Å². The number of aryl methyl sites for hydroxylation is 1. The second kappa shape index (κ2) is 6.55. The van der Waals surface area contributed by atoms with Crippen molar-refractivity contribution in [1.82, 2.24) is 15.3 Å². The molecule has 0 saturated carbocycles. The van der Waals surface area contributed by atoms with Crippen molar-refractivity contribution in [3.63, 3.8) is 0 Å². The first-order valence-corrected chi connectivity index (χ1v) is 6.26. The minimum atomic E-state index is -0.178. The van der Waals surface area contributed by atoms with Gasteiger partial charge in [0.15, 0.2) is 0 Å². The number of carbonyl (C=O) groups excluding carboxylic acids is 1. The molecule has 0 aliphatic carbocycles. The van der Waals surface area contributed by atoms with Gasteiger partial charge in [0, 0.05) is 18.0 Å². The molecule has 1 aromatic carbocycles. The fourth-order valence-corrected chi connectivity index (χ4v) is 1.76. The van der Waals surface area contributed by atoms with Gasteiger partial charge < -0.3 is 16.0 Å². The van der Waals surface area contributed by atoms with E-state index in [1.807, 2.05) is 19.1 Å². The lowest BCUT2D eigenvalue weighted by atomic mass is 10.0. The van der Waals surface area contributed by atoms with Crippen LogP contribution in [-0.2, 0) is 6.54 Å². The van der Waals surface area contributed by atoms with Crippen molar-refractivity contribution in [2.45, 2.75) is 13.5 Å². The molecular weight excluding hydrogens is 252 g/mol. The Balaban J connectivity index is 2.16. The zero-order valence-electron chi connectivity index (χ0n) is 11.2. The summed E-state index contributed by atoms with van der Waals surface area (Å²) in [5.74, 6) is 6.23. The molecule has 20 heavy (non-hydrogen) atoms. The lowest BCUT2D eigenvalue weighted by Crippen LogP contribution is -2.24. The molecule has 0 fully saturated rings. The van der Waals surface area contributed by atoms with Gasteiger partial charge in [0.25, 0.3) is 5.91 Å². The summed E-state index contributed by atoms with van der Waals surface area (Å²) in [6, 6.07) is 5.53. The lowest BCUT2D eigenvalue weighted by molar-refractivity contribution is 0.0949. The number of hydrogen-bond donors (Lipinski definition) is 3. The van der Waals surface area contributed by atoms with Crippen molar-refractivity contribution in [2.24, 2.45) is 5.73 Å². The summed E-state index contributed by atoms with van der Waals surface area (Å²) in [5, 5.41) is 2.81. The zero-order valence-corrected chi connectivity index (χ0v) is 11.2. The lowest BCUT2D eigenvalue weighted by Gasteiger charge is -2.06. The maximum atomic E-state index is 12.2. The van der Waals surface area contributed by atoms with Crippen molar-refractivity contribution >= 4 is 5.91 Å². The number of hydrogen-bond acceptors (Lipinski definition) is 3. The van der Waals surface area contributed by atoms with Gasteiger partial charge in [-0.25, -0.2) is 4.98 Å². The number of aromatic amines is 1. The Hall–Kier alpha value is -2.58. The molecule has 2 aromatic rings. The number of H-pyrrole nitrogens is 1. The van der Waals surface area contributed by atoms with E-state index in [4.69, 9.17) is 5.73 Å². The smallest absolute Gasteiger partial charge is 0.252 e. The average molecular weight is 268 g/mol. The van der Waals surface area contributed by atoms with Crippen LogP contribution in [0.3, 0.4) is 0 Å². The largest absolute Gasteiger partial charge is 0.347 e. The average Bonchev–Trinajstić information content (AvgIpc) is 2.96. The Labute approximate surface area is 117 Å². The van der Waals surface area contributed by atoms with E-state index in [-0.39, 0.29) is 12.5 Å². The molecule has 0 atom stereocenters. The first-order valence-electron chi connectivity index (χ1n) is 6.26. The van der Waals surface area contributed by atoms with Gasteiger partial charge in [-0.1, -0.05) is 17.9 Å². The molecule has 0 saturated heterocycles. The normalized spacial score (nSPS) is 9.70. The van der Waals surface area contributed by atoms with Gasteiger partial charge in [-0.2, -0.15) is 0 Å². The third-order valence-electron chi connectivity index (χ3n) is 2.72. The Morgan fingerprint density at radius 3 is 3.05 bits per heavy atom. The molecule has 5 heteroatoms. The quantitative estimate of drug-likeness (QED) is 0.725. The van der Waals surface area contributed by atoms with Crippen LogP contribution in [0.1, 0.15) is 27.3 Å². The number of benzene rings is 1. The number of nitrogens with zero attached hydrogens (tertiary/aromatic N) is 1. The summed E-state index contributed by atoms with van der Waals surface area (Å²) < 4.78 is 0. The van der Waals surface area contributed by atoms with Gasteiger partial charge >= 0.3 is 0 Å². The molecule has 1 amide bonds. The summed E-state index contributed by atoms with van der Waals surface area (Å²) >= 11 is 0. The maximum absolute atomic E-state index is 12.2. The standard InChI is InChI=1S/C15H16N4O/c1-11-4-5-13(12(9-11)3-2-6-16)15(20)19-10-14-17-7-8-18-14/h4-5,7-9H,6,10,16H2,1H3,(H,17,18)(H,19,20). The van der Waals surface area contributed by atoms with Crippen molar-refractivity contribution in [2.75, 3.05) is 6.54 Å². The van der Waals surface area contributed by atoms with E-state index in [9.17, 15) is 4.79 Å². The van der Waals surface area contributed by atoms with E-state index in [1.165, 1.54) is 0 Å². The van der Waals surface area contributed by atoms with Gasteiger partial charge in [0.2, 0.25) is 0 Å². The Morgan fingerprint density at radius 2 is 2.35 bits per heavy atom. The highest BCUT2D eigenvalue weighted by atomic mass is 16.1. The molecule has 0 bridgehead atoms. The number of rotatable bonds is 3. The van der Waals surface area contributed by atoms with Crippen LogP contribution in [0.5, 0.6) is 0 Å². The molecule has 0 aliphatic rings. The predicted octanol–water partition coefficient (Wildman–Crippen LogP) is 0.958. The van der Waals surface area contributed by atoms with E-state index in [0.717, 1.165) is 5.56 Å². The third kappa shape index (κ3) is 3.46. The number of nitrogens with two attached hydrogens (primary N) is 1. The predicted molar refractivity (Wildman–Crippen MR) is 76.9 cm³/mol. The van der Waals surface area contributed by atoms with Gasteiger partial charge in [-0.15, -0.1) is 0 Å². The van der Waals surface area contributed by atoms with E-state index in [0.29, 0.717) is 23.5 Å².